The molecule has 0 aliphatic rings. The monoisotopic (exact) mass is 600 g/mol. The zero-order valence-corrected chi connectivity index (χ0v) is 27.1. The van der Waals surface area contributed by atoms with Gasteiger partial charge in [0.1, 0.15) is 0 Å². The standard InChI is InChI=1S/C15H19.C12H13.C6H12.2ClH.Zr/c1-10(2)12-8-9-13(11(3)4)15-7-5-6-14(12)15;1-9(2)11-7-3-5-10-6-4-8-12(10)11;1-3-5-6-4-2;;;/h5-11H,1-4H3;3-9H,1-2H3;1-6H2;2*1H;/q2*-1;-2;;;+2/p-2. The van der Waals surface area contributed by atoms with E-state index in [0.717, 1.165) is 12.8 Å². The van der Waals surface area contributed by atoms with E-state index in [1.165, 1.54) is 51.1 Å². The van der Waals surface area contributed by atoms with Gasteiger partial charge in [-0.25, -0.2) is 0 Å². The summed E-state index contributed by atoms with van der Waals surface area (Å²) in [5, 5.41) is 5.65. The van der Waals surface area contributed by atoms with Gasteiger partial charge in [0.15, 0.2) is 0 Å². The summed E-state index contributed by atoms with van der Waals surface area (Å²) in [6.07, 6.45) is 4.61. The number of unbranched alkanes of at least 4 members (excludes halogenated alkanes) is 3. The van der Waals surface area contributed by atoms with Gasteiger partial charge < -0.3 is 38.7 Å². The van der Waals surface area contributed by atoms with Gasteiger partial charge in [0.05, 0.1) is 0 Å². The fraction of sp³-hybridized carbons (Fsp3) is 0.394. The van der Waals surface area contributed by atoms with Gasteiger partial charge in [-0.05, 0) is 11.8 Å². The Kier molecular flexibility index (Phi) is 19.9. The minimum Gasteiger partial charge on any atom is -1.00 e. The van der Waals surface area contributed by atoms with E-state index < -0.39 is 0 Å². The topological polar surface area (TPSA) is 0 Å². The van der Waals surface area contributed by atoms with E-state index in [9.17, 15) is 0 Å². The van der Waals surface area contributed by atoms with Crippen LogP contribution in [0.5, 0.6) is 0 Å². The largest absolute Gasteiger partial charge is 2.00 e. The third-order valence-electron chi connectivity index (χ3n) is 6.21. The molecule has 198 valence electrons. The summed E-state index contributed by atoms with van der Waals surface area (Å²) in [6.45, 7) is 20.9. The molecule has 36 heavy (non-hydrogen) atoms. The van der Waals surface area contributed by atoms with Crippen LogP contribution in [-0.2, 0) is 26.2 Å². The molecule has 0 spiro atoms. The van der Waals surface area contributed by atoms with Gasteiger partial charge in [-0.1, -0.05) is 83.6 Å². The molecule has 0 aliphatic heterocycles. The van der Waals surface area contributed by atoms with Crippen molar-refractivity contribution in [2.45, 2.75) is 85.0 Å². The molecule has 0 atom stereocenters. The number of halogens is 2. The van der Waals surface area contributed by atoms with Crippen LogP contribution in [0.1, 0.15) is 102 Å². The molecular weight excluding hydrogens is 558 g/mol. The van der Waals surface area contributed by atoms with E-state index in [4.69, 9.17) is 0 Å². The van der Waals surface area contributed by atoms with Crippen LogP contribution in [0.3, 0.4) is 0 Å². The Balaban J connectivity index is 0. The van der Waals surface area contributed by atoms with Crippen molar-refractivity contribution in [3.05, 3.63) is 97.3 Å². The Labute approximate surface area is 253 Å². The molecular formula is C33H44Cl2Zr-4. The molecule has 3 heteroatoms. The summed E-state index contributed by atoms with van der Waals surface area (Å²) in [5.74, 6) is 1.84. The van der Waals surface area contributed by atoms with E-state index in [1.807, 2.05) is 0 Å². The Morgan fingerprint density at radius 1 is 0.611 bits per heavy atom. The predicted molar refractivity (Wildman–Crippen MR) is 151 cm³/mol. The average Bonchev–Trinajstić information content (AvgIpc) is 3.46. The number of fused-ring (bicyclic) bond motifs is 2. The quantitative estimate of drug-likeness (QED) is 0.222. The van der Waals surface area contributed by atoms with E-state index in [-0.39, 0.29) is 51.0 Å². The predicted octanol–water partition coefficient (Wildman–Crippen LogP) is 4.71. The minimum atomic E-state index is 0. The van der Waals surface area contributed by atoms with Crippen LogP contribution < -0.4 is 24.8 Å². The summed E-state index contributed by atoms with van der Waals surface area (Å²) in [6, 6.07) is 24.3. The molecule has 4 aromatic carbocycles. The molecule has 0 aromatic heterocycles. The molecule has 0 unspecified atom stereocenters. The van der Waals surface area contributed by atoms with Crippen LogP contribution in [0, 0.1) is 13.8 Å². The van der Waals surface area contributed by atoms with Crippen LogP contribution >= 0.6 is 0 Å². The number of benzene rings is 2. The summed E-state index contributed by atoms with van der Waals surface area (Å²) in [5.41, 5.74) is 4.40. The SMILES string of the molecule is CC(C)c1ccc(C(C)C)c2[cH-]ccc12.CC(C)c1cccc2[cH-]ccc12.[CH2-]CCCC[CH2-].[Cl-].[Cl-].[Zr+2]. The third-order valence-corrected chi connectivity index (χ3v) is 6.21. The second kappa shape index (κ2) is 19.2. The first-order valence-electron chi connectivity index (χ1n) is 12.7. The Morgan fingerprint density at radius 3 is 1.61 bits per heavy atom. The van der Waals surface area contributed by atoms with Gasteiger partial charge in [0.25, 0.3) is 0 Å². The zero-order chi connectivity index (χ0) is 24.4. The van der Waals surface area contributed by atoms with Crippen molar-refractivity contribution in [3.8, 4) is 0 Å². The van der Waals surface area contributed by atoms with Gasteiger partial charge in [-0.2, -0.15) is 37.1 Å². The zero-order valence-electron chi connectivity index (χ0n) is 23.1. The fourth-order valence-corrected chi connectivity index (χ4v) is 4.33. The van der Waals surface area contributed by atoms with Crippen LogP contribution in [0.2, 0.25) is 0 Å². The van der Waals surface area contributed by atoms with E-state index in [2.05, 4.69) is 122 Å². The fourth-order valence-electron chi connectivity index (χ4n) is 4.33. The van der Waals surface area contributed by atoms with Crippen molar-refractivity contribution >= 4 is 21.5 Å². The maximum Gasteiger partial charge on any atom is 2.00 e. The minimum absolute atomic E-state index is 0. The Morgan fingerprint density at radius 2 is 1.08 bits per heavy atom. The van der Waals surface area contributed by atoms with Crippen molar-refractivity contribution in [3.63, 3.8) is 0 Å². The second-order valence-electron chi connectivity index (χ2n) is 9.85. The second-order valence-corrected chi connectivity index (χ2v) is 9.85. The van der Waals surface area contributed by atoms with E-state index in [0.29, 0.717) is 17.8 Å². The number of hydrogen-bond acceptors (Lipinski definition) is 0. The third kappa shape index (κ3) is 10.5. The molecule has 0 nitrogen and oxygen atoms in total. The summed E-state index contributed by atoms with van der Waals surface area (Å²) < 4.78 is 0. The van der Waals surface area contributed by atoms with Gasteiger partial charge >= 0.3 is 26.2 Å². The molecule has 0 amide bonds. The summed E-state index contributed by atoms with van der Waals surface area (Å²) >= 11 is 0. The smallest absolute Gasteiger partial charge is 1.00 e. The van der Waals surface area contributed by atoms with Gasteiger partial charge in [0.2, 0.25) is 0 Å². The summed E-state index contributed by atoms with van der Waals surface area (Å²) in [4.78, 5) is 0. The van der Waals surface area contributed by atoms with Gasteiger partial charge in [-0.15, -0.1) is 57.4 Å². The first-order chi connectivity index (χ1) is 15.8. The van der Waals surface area contributed by atoms with Crippen molar-refractivity contribution in [1.29, 1.82) is 0 Å². The molecule has 0 saturated carbocycles. The Hall–Kier alpha value is -0.877. The van der Waals surface area contributed by atoms with Crippen LogP contribution in [0.25, 0.3) is 21.5 Å². The molecule has 4 aromatic rings. The summed E-state index contributed by atoms with van der Waals surface area (Å²) in [7, 11) is 0. The Bertz CT molecular complexity index is 1040. The molecule has 0 N–H and O–H groups in total. The molecule has 4 rings (SSSR count). The van der Waals surface area contributed by atoms with Crippen molar-refractivity contribution in [1.82, 2.24) is 0 Å². The molecule has 0 aliphatic carbocycles. The van der Waals surface area contributed by atoms with Gasteiger partial charge in [-0.3, -0.25) is 0 Å². The van der Waals surface area contributed by atoms with Crippen molar-refractivity contribution in [2.75, 3.05) is 0 Å². The maximum atomic E-state index is 3.70. The first kappa shape index (κ1) is 37.3. The van der Waals surface area contributed by atoms with Crippen LogP contribution in [0.15, 0.2) is 66.7 Å². The van der Waals surface area contributed by atoms with Crippen LogP contribution in [-0.4, -0.2) is 0 Å². The average molecular weight is 603 g/mol. The normalized spacial score (nSPS) is 10.2. The number of rotatable bonds is 6. The maximum absolute atomic E-state index is 3.70. The van der Waals surface area contributed by atoms with Crippen LogP contribution in [0.4, 0.5) is 0 Å². The van der Waals surface area contributed by atoms with Gasteiger partial charge in [0, 0.05) is 0 Å². The van der Waals surface area contributed by atoms with E-state index in [1.54, 1.807) is 0 Å². The van der Waals surface area contributed by atoms with Crippen molar-refractivity contribution < 1.29 is 51.0 Å². The molecule has 0 saturated heterocycles. The van der Waals surface area contributed by atoms with E-state index >= 15 is 0 Å². The molecule has 0 bridgehead atoms. The molecule has 0 radical (unpaired) electrons. The first-order valence-corrected chi connectivity index (χ1v) is 12.7. The van der Waals surface area contributed by atoms with Crippen molar-refractivity contribution in [2.24, 2.45) is 0 Å². The number of hydrogen-bond donors (Lipinski definition) is 0. The molecule has 0 heterocycles. The molecule has 0 fully saturated rings.